The van der Waals surface area contributed by atoms with Crippen molar-refractivity contribution in [2.75, 3.05) is 19.1 Å². The number of imide groups is 1. The fourth-order valence-corrected chi connectivity index (χ4v) is 2.06. The minimum atomic E-state index is -0.457. The maximum Gasteiger partial charge on any atom is 0.259 e. The summed E-state index contributed by atoms with van der Waals surface area (Å²) in [5, 5.41) is 0. The van der Waals surface area contributed by atoms with Crippen LogP contribution in [0.25, 0.3) is 5.70 Å². The topological polar surface area (TPSA) is 46.6 Å². The highest BCUT2D eigenvalue weighted by atomic mass is 35.5. The fourth-order valence-electron chi connectivity index (χ4n) is 1.94. The molecule has 0 unspecified atom stereocenters. The highest BCUT2D eigenvalue weighted by molar-refractivity contribution is 6.29. The molecule has 0 saturated carbocycles. The zero-order chi connectivity index (χ0) is 15.8. The molecule has 114 valence electrons. The number of rotatable bonds is 6. The number of nitrogens with zero attached hydrogens (tertiary/aromatic N) is 1. The first-order valence-corrected chi connectivity index (χ1v) is 7.28. The summed E-state index contributed by atoms with van der Waals surface area (Å²) in [5.74, 6) is -1.13. The summed E-state index contributed by atoms with van der Waals surface area (Å²) in [5.41, 5.74) is 2.20. The lowest BCUT2D eigenvalue weighted by Crippen LogP contribution is -2.39. The number of alkyl halides is 1. The number of benzene rings is 1. The van der Waals surface area contributed by atoms with Crippen LogP contribution in [0.15, 0.2) is 35.9 Å². The zero-order valence-corrected chi connectivity index (χ0v) is 13.3. The number of carbonyl (C=O) groups excluding carboxylic acids is 2. The summed E-state index contributed by atoms with van der Waals surface area (Å²) in [7, 11) is 0. The second-order valence-electron chi connectivity index (χ2n) is 4.61. The van der Waals surface area contributed by atoms with Crippen molar-refractivity contribution >= 4 is 29.1 Å². The van der Waals surface area contributed by atoms with Crippen LogP contribution in [0.2, 0.25) is 0 Å². The van der Waals surface area contributed by atoms with Crippen LogP contribution in [0.3, 0.4) is 0 Å². The second-order valence-corrected chi connectivity index (χ2v) is 4.88. The molecule has 0 saturated heterocycles. The molecular formula is C16H20ClNO3. The van der Waals surface area contributed by atoms with Crippen molar-refractivity contribution in [2.24, 2.45) is 0 Å². The monoisotopic (exact) mass is 309 g/mol. The molecule has 1 aromatic rings. The first-order chi connectivity index (χ1) is 10.0. The van der Waals surface area contributed by atoms with Gasteiger partial charge in [0.05, 0.1) is 5.70 Å². The molecule has 0 aliphatic carbocycles. The summed E-state index contributed by atoms with van der Waals surface area (Å²) in [6, 6.07) is 9.29. The van der Waals surface area contributed by atoms with Gasteiger partial charge in [-0.05, 0) is 26.3 Å². The number of hydrogen-bond donors (Lipinski definition) is 0. The molecular weight excluding hydrogens is 290 g/mol. The Kier molecular flexibility index (Phi) is 7.12. The number of amides is 2. The normalized spacial score (nSPS) is 10.1. The van der Waals surface area contributed by atoms with E-state index in [4.69, 9.17) is 16.3 Å². The van der Waals surface area contributed by atoms with E-state index in [0.717, 1.165) is 16.0 Å². The van der Waals surface area contributed by atoms with Gasteiger partial charge in [-0.1, -0.05) is 35.9 Å². The Morgan fingerprint density at radius 1 is 1.14 bits per heavy atom. The number of allylic oxidation sites excluding steroid dienone is 1. The molecule has 0 atom stereocenters. The van der Waals surface area contributed by atoms with Crippen molar-refractivity contribution in [1.82, 2.24) is 4.90 Å². The van der Waals surface area contributed by atoms with Gasteiger partial charge in [-0.3, -0.25) is 9.59 Å². The number of carbonyl (C=O) groups is 2. The number of halogens is 1. The lowest BCUT2D eigenvalue weighted by molar-refractivity contribution is -0.142. The largest absolute Gasteiger partial charge is 0.372 e. The Morgan fingerprint density at radius 3 is 2.24 bits per heavy atom. The molecule has 1 aromatic carbocycles. The SMILES string of the molecule is CCOCC(=O)N(C(=O)CCl)C(=C(C)C)c1ccccc1. The van der Waals surface area contributed by atoms with E-state index < -0.39 is 11.8 Å². The van der Waals surface area contributed by atoms with Gasteiger partial charge >= 0.3 is 0 Å². The van der Waals surface area contributed by atoms with Gasteiger partial charge in [-0.25, -0.2) is 4.90 Å². The van der Waals surface area contributed by atoms with Crippen LogP contribution in [0.1, 0.15) is 26.3 Å². The third kappa shape index (κ3) is 4.69. The summed E-state index contributed by atoms with van der Waals surface area (Å²) in [6.45, 7) is 5.75. The third-order valence-corrected chi connectivity index (χ3v) is 3.02. The number of ether oxygens (including phenoxy) is 1. The average Bonchev–Trinajstić information content (AvgIpc) is 2.49. The maximum absolute atomic E-state index is 12.3. The van der Waals surface area contributed by atoms with Crippen LogP contribution in [0, 0.1) is 0 Å². The van der Waals surface area contributed by atoms with Gasteiger partial charge in [-0.2, -0.15) is 0 Å². The molecule has 0 aliphatic heterocycles. The predicted molar refractivity (Wildman–Crippen MR) is 83.8 cm³/mol. The Bertz CT molecular complexity index is 522. The third-order valence-electron chi connectivity index (χ3n) is 2.79. The van der Waals surface area contributed by atoms with Crippen molar-refractivity contribution in [3.63, 3.8) is 0 Å². The minimum Gasteiger partial charge on any atom is -0.372 e. The predicted octanol–water partition coefficient (Wildman–Crippen LogP) is 3.07. The van der Waals surface area contributed by atoms with E-state index in [1.807, 2.05) is 44.2 Å². The average molecular weight is 310 g/mol. The second kappa shape index (κ2) is 8.60. The Labute approximate surface area is 130 Å². The Hall–Kier alpha value is -1.65. The van der Waals surface area contributed by atoms with Gasteiger partial charge < -0.3 is 4.74 Å². The molecule has 0 bridgehead atoms. The molecule has 0 aliphatic rings. The molecule has 1 rings (SSSR count). The summed E-state index contributed by atoms with van der Waals surface area (Å²) >= 11 is 5.65. The van der Waals surface area contributed by atoms with Crippen molar-refractivity contribution in [1.29, 1.82) is 0 Å². The molecule has 0 radical (unpaired) electrons. The van der Waals surface area contributed by atoms with E-state index >= 15 is 0 Å². The van der Waals surface area contributed by atoms with Crippen LogP contribution in [0.4, 0.5) is 0 Å². The lowest BCUT2D eigenvalue weighted by Gasteiger charge is -2.25. The highest BCUT2D eigenvalue weighted by Crippen LogP contribution is 2.24. The van der Waals surface area contributed by atoms with Gasteiger partial charge in [-0.15, -0.1) is 11.6 Å². The van der Waals surface area contributed by atoms with E-state index in [9.17, 15) is 9.59 Å². The van der Waals surface area contributed by atoms with E-state index in [-0.39, 0.29) is 12.5 Å². The zero-order valence-electron chi connectivity index (χ0n) is 12.6. The van der Waals surface area contributed by atoms with Gasteiger partial charge in [0.15, 0.2) is 0 Å². The van der Waals surface area contributed by atoms with E-state index in [2.05, 4.69) is 0 Å². The quantitative estimate of drug-likeness (QED) is 0.759. The molecule has 0 heterocycles. The first kappa shape index (κ1) is 17.4. The first-order valence-electron chi connectivity index (χ1n) is 6.75. The fraction of sp³-hybridized carbons (Fsp3) is 0.375. The van der Waals surface area contributed by atoms with E-state index in [1.54, 1.807) is 6.92 Å². The molecule has 5 heteroatoms. The van der Waals surface area contributed by atoms with Crippen molar-refractivity contribution in [3.05, 3.63) is 41.5 Å². The van der Waals surface area contributed by atoms with Crippen LogP contribution in [-0.2, 0) is 14.3 Å². The minimum absolute atomic E-state index is 0.150. The lowest BCUT2D eigenvalue weighted by atomic mass is 10.1. The highest BCUT2D eigenvalue weighted by Gasteiger charge is 2.26. The molecule has 0 fully saturated rings. The Balaban J connectivity index is 3.24. The smallest absolute Gasteiger partial charge is 0.259 e. The molecule has 21 heavy (non-hydrogen) atoms. The Morgan fingerprint density at radius 2 is 1.76 bits per heavy atom. The van der Waals surface area contributed by atoms with Crippen molar-refractivity contribution in [2.45, 2.75) is 20.8 Å². The summed E-state index contributed by atoms with van der Waals surface area (Å²) < 4.78 is 5.13. The van der Waals surface area contributed by atoms with Crippen LogP contribution in [-0.4, -0.2) is 35.8 Å². The maximum atomic E-state index is 12.3. The van der Waals surface area contributed by atoms with Crippen molar-refractivity contribution < 1.29 is 14.3 Å². The van der Waals surface area contributed by atoms with E-state index in [0.29, 0.717) is 12.3 Å². The summed E-state index contributed by atoms with van der Waals surface area (Å²) in [4.78, 5) is 25.5. The van der Waals surface area contributed by atoms with Gasteiger partial charge in [0.1, 0.15) is 12.5 Å². The van der Waals surface area contributed by atoms with Crippen LogP contribution in [0.5, 0.6) is 0 Å². The molecule has 0 spiro atoms. The van der Waals surface area contributed by atoms with Crippen LogP contribution >= 0.6 is 11.6 Å². The van der Waals surface area contributed by atoms with Gasteiger partial charge in [0.2, 0.25) is 5.91 Å². The molecule has 2 amide bonds. The molecule has 0 aromatic heterocycles. The van der Waals surface area contributed by atoms with E-state index in [1.165, 1.54) is 0 Å². The molecule has 0 N–H and O–H groups in total. The van der Waals surface area contributed by atoms with Crippen molar-refractivity contribution in [3.8, 4) is 0 Å². The van der Waals surface area contributed by atoms with Gasteiger partial charge in [0, 0.05) is 6.61 Å². The summed E-state index contributed by atoms with van der Waals surface area (Å²) in [6.07, 6.45) is 0. The standard InChI is InChI=1S/C16H20ClNO3/c1-4-21-11-15(20)18(14(19)10-17)16(12(2)3)13-8-6-5-7-9-13/h5-9H,4,10-11H2,1-3H3. The number of hydrogen-bond acceptors (Lipinski definition) is 3. The molecule has 4 nitrogen and oxygen atoms in total. The van der Waals surface area contributed by atoms with Crippen LogP contribution < -0.4 is 0 Å². The van der Waals surface area contributed by atoms with Gasteiger partial charge in [0.25, 0.3) is 5.91 Å².